The van der Waals surface area contributed by atoms with Crippen molar-refractivity contribution in [2.75, 3.05) is 4.90 Å². The van der Waals surface area contributed by atoms with Crippen LogP contribution in [-0.2, 0) is 10.3 Å². The van der Waals surface area contributed by atoms with Gasteiger partial charge in [-0.05, 0) is 86.4 Å². The van der Waals surface area contributed by atoms with Crippen LogP contribution < -0.4 is 15.0 Å². The maximum Gasteiger partial charge on any atom is 0.573 e. The summed E-state index contributed by atoms with van der Waals surface area (Å²) in [6.45, 7) is 3.90. The number of benzene rings is 2. The van der Waals surface area contributed by atoms with Crippen LogP contribution in [0.25, 0.3) is 0 Å². The lowest BCUT2D eigenvalue weighted by Crippen LogP contribution is -2.40. The monoisotopic (exact) mass is 518 g/mol. The molecule has 1 amide bonds. The zero-order chi connectivity index (χ0) is 27.1. The number of nitrogens with zero attached hydrogens (tertiary/aromatic N) is 3. The maximum absolute atomic E-state index is 13.7. The number of hydrogen-bond donors (Lipinski definition) is 1. The van der Waals surface area contributed by atoms with Gasteiger partial charge in [0.2, 0.25) is 0 Å². The van der Waals surface area contributed by atoms with Crippen LogP contribution in [0.3, 0.4) is 0 Å². The molecule has 0 bridgehead atoms. The highest BCUT2D eigenvalue weighted by Crippen LogP contribution is 2.40. The van der Waals surface area contributed by atoms with Gasteiger partial charge in [-0.1, -0.05) is 18.2 Å². The Labute approximate surface area is 218 Å². The Kier molecular flexibility index (Phi) is 6.35. The highest BCUT2D eigenvalue weighted by molar-refractivity contribution is 6.09. The van der Waals surface area contributed by atoms with E-state index in [1.54, 1.807) is 30.3 Å². The molecule has 1 N–H and O–H groups in total. The standard InChI is InChI=1S/C29H25F3N4O2/c1-28(2,21-8-13-24(34-17-21)19-6-7-19)35-25-15-26(20-5-3-4-18(14-20)16-33)36(27(25)37)22-9-11-23(12-10-22)38-29(30,31)32/h3-5,8-15,17,19,26,35H,6-7H2,1-2H3. The predicted molar refractivity (Wildman–Crippen MR) is 135 cm³/mol. The molecule has 194 valence electrons. The van der Waals surface area contributed by atoms with Crippen LogP contribution in [0.1, 0.15) is 61.0 Å². The van der Waals surface area contributed by atoms with Crippen molar-refractivity contribution in [1.82, 2.24) is 10.3 Å². The molecule has 1 aromatic heterocycles. The average Bonchev–Trinajstić information content (AvgIpc) is 3.69. The van der Waals surface area contributed by atoms with Gasteiger partial charge in [0.15, 0.2) is 0 Å². The molecule has 1 fully saturated rings. The zero-order valence-corrected chi connectivity index (χ0v) is 20.8. The van der Waals surface area contributed by atoms with Gasteiger partial charge in [-0.15, -0.1) is 13.2 Å². The zero-order valence-electron chi connectivity index (χ0n) is 20.8. The molecule has 2 aliphatic rings. The largest absolute Gasteiger partial charge is 0.573 e. The van der Waals surface area contributed by atoms with Gasteiger partial charge in [0, 0.05) is 23.5 Å². The van der Waals surface area contributed by atoms with E-state index in [9.17, 15) is 23.2 Å². The van der Waals surface area contributed by atoms with Gasteiger partial charge in [0.25, 0.3) is 5.91 Å². The number of carbonyl (C=O) groups excluding carboxylic acids is 1. The number of aromatic nitrogens is 1. The van der Waals surface area contributed by atoms with Crippen molar-refractivity contribution in [2.45, 2.75) is 50.6 Å². The topological polar surface area (TPSA) is 78.3 Å². The molecule has 1 unspecified atom stereocenters. The molecule has 0 saturated heterocycles. The number of anilines is 1. The summed E-state index contributed by atoms with van der Waals surface area (Å²) in [6.07, 6.45) is 1.09. The average molecular weight is 519 g/mol. The van der Waals surface area contributed by atoms with E-state index in [4.69, 9.17) is 0 Å². The first-order valence-electron chi connectivity index (χ1n) is 12.2. The first-order chi connectivity index (χ1) is 18.0. The molecule has 2 aromatic carbocycles. The highest BCUT2D eigenvalue weighted by atomic mass is 19.4. The number of hydrogen-bond acceptors (Lipinski definition) is 5. The molecule has 5 rings (SSSR count). The van der Waals surface area contributed by atoms with Gasteiger partial charge in [0.05, 0.1) is 28.9 Å². The molecule has 0 radical (unpaired) electrons. The van der Waals surface area contributed by atoms with E-state index in [-0.39, 0.29) is 11.7 Å². The van der Waals surface area contributed by atoms with Gasteiger partial charge in [-0.3, -0.25) is 14.7 Å². The molecule has 1 saturated carbocycles. The maximum atomic E-state index is 13.7. The Morgan fingerprint density at radius 3 is 2.42 bits per heavy atom. The third-order valence-corrected chi connectivity index (χ3v) is 6.71. The summed E-state index contributed by atoms with van der Waals surface area (Å²) in [5.41, 5.74) is 3.19. The number of nitrogens with one attached hydrogen (secondary N) is 1. The molecule has 1 atom stereocenters. The Morgan fingerprint density at radius 2 is 1.82 bits per heavy atom. The van der Waals surface area contributed by atoms with Crippen LogP contribution in [0.4, 0.5) is 18.9 Å². The molecule has 2 heterocycles. The van der Waals surface area contributed by atoms with Crippen LogP contribution in [0.5, 0.6) is 5.75 Å². The quantitative estimate of drug-likeness (QED) is 0.402. The van der Waals surface area contributed by atoms with E-state index in [2.05, 4.69) is 21.1 Å². The van der Waals surface area contributed by atoms with Gasteiger partial charge in [0.1, 0.15) is 5.75 Å². The van der Waals surface area contributed by atoms with Crippen LogP contribution in [0, 0.1) is 11.3 Å². The van der Waals surface area contributed by atoms with Crippen molar-refractivity contribution in [3.8, 4) is 11.8 Å². The summed E-state index contributed by atoms with van der Waals surface area (Å²) in [4.78, 5) is 19.8. The summed E-state index contributed by atoms with van der Waals surface area (Å²) in [7, 11) is 0. The fraction of sp³-hybridized carbons (Fsp3) is 0.276. The van der Waals surface area contributed by atoms with Crippen LogP contribution >= 0.6 is 0 Å². The minimum Gasteiger partial charge on any atom is -0.406 e. The summed E-state index contributed by atoms with van der Waals surface area (Å²) in [5.74, 6) is -0.200. The molecule has 38 heavy (non-hydrogen) atoms. The number of carbonyl (C=O) groups is 1. The molecule has 0 spiro atoms. The SMILES string of the molecule is CC(C)(NC1=CC(c2cccc(C#N)c2)N(c2ccc(OC(F)(F)F)cc2)C1=O)c1ccc(C2CC2)nc1. The lowest BCUT2D eigenvalue weighted by Gasteiger charge is -2.29. The van der Waals surface area contributed by atoms with Gasteiger partial charge in [-0.2, -0.15) is 5.26 Å². The van der Waals surface area contributed by atoms with E-state index in [0.717, 1.165) is 24.1 Å². The first kappa shape index (κ1) is 25.3. The number of amides is 1. The van der Waals surface area contributed by atoms with E-state index in [0.29, 0.717) is 28.4 Å². The Morgan fingerprint density at radius 1 is 1.08 bits per heavy atom. The van der Waals surface area contributed by atoms with Crippen molar-refractivity contribution < 1.29 is 22.7 Å². The van der Waals surface area contributed by atoms with E-state index in [1.807, 2.05) is 32.2 Å². The third kappa shape index (κ3) is 5.35. The van der Waals surface area contributed by atoms with E-state index < -0.39 is 17.9 Å². The molecule has 1 aliphatic carbocycles. The molecular formula is C29H25F3N4O2. The molecule has 6 nitrogen and oxygen atoms in total. The van der Waals surface area contributed by atoms with Gasteiger partial charge < -0.3 is 10.1 Å². The fourth-order valence-electron chi connectivity index (χ4n) is 4.58. The number of ether oxygens (including phenoxy) is 1. The summed E-state index contributed by atoms with van der Waals surface area (Å²) in [5, 5.41) is 12.7. The second-order valence-corrected chi connectivity index (χ2v) is 9.98. The van der Waals surface area contributed by atoms with Crippen LogP contribution in [-0.4, -0.2) is 17.3 Å². The fourth-order valence-corrected chi connectivity index (χ4v) is 4.58. The van der Waals surface area contributed by atoms with Crippen molar-refractivity contribution >= 4 is 11.6 Å². The Balaban J connectivity index is 1.46. The summed E-state index contributed by atoms with van der Waals surface area (Å²) >= 11 is 0. The number of pyridine rings is 1. The summed E-state index contributed by atoms with van der Waals surface area (Å²) < 4.78 is 41.9. The highest BCUT2D eigenvalue weighted by Gasteiger charge is 2.38. The molecular weight excluding hydrogens is 493 g/mol. The van der Waals surface area contributed by atoms with E-state index in [1.165, 1.54) is 29.2 Å². The second-order valence-electron chi connectivity index (χ2n) is 9.98. The number of nitriles is 1. The summed E-state index contributed by atoms with van der Waals surface area (Å²) in [6, 6.07) is 17.6. The van der Waals surface area contributed by atoms with Crippen molar-refractivity contribution in [3.05, 3.63) is 101 Å². The van der Waals surface area contributed by atoms with Crippen molar-refractivity contribution in [2.24, 2.45) is 0 Å². The molecule has 3 aromatic rings. The van der Waals surface area contributed by atoms with Crippen molar-refractivity contribution in [3.63, 3.8) is 0 Å². The lowest BCUT2D eigenvalue weighted by atomic mass is 9.95. The lowest BCUT2D eigenvalue weighted by molar-refractivity contribution is -0.274. The number of halogens is 3. The first-order valence-corrected chi connectivity index (χ1v) is 12.2. The van der Waals surface area contributed by atoms with Crippen LogP contribution in [0.15, 0.2) is 78.6 Å². The Hall–Kier alpha value is -4.32. The minimum absolute atomic E-state index is 0.337. The smallest absolute Gasteiger partial charge is 0.406 e. The minimum atomic E-state index is -4.82. The third-order valence-electron chi connectivity index (χ3n) is 6.71. The number of rotatable bonds is 7. The van der Waals surface area contributed by atoms with Gasteiger partial charge >= 0.3 is 6.36 Å². The van der Waals surface area contributed by atoms with Crippen molar-refractivity contribution in [1.29, 1.82) is 5.26 Å². The van der Waals surface area contributed by atoms with Gasteiger partial charge in [-0.25, -0.2) is 0 Å². The number of alkyl halides is 3. The second kappa shape index (κ2) is 9.53. The normalized spacial score (nSPS) is 17.7. The Bertz CT molecular complexity index is 1420. The molecule has 1 aliphatic heterocycles. The van der Waals surface area contributed by atoms with E-state index >= 15 is 0 Å². The van der Waals surface area contributed by atoms with Crippen LogP contribution in [0.2, 0.25) is 0 Å². The predicted octanol–water partition coefficient (Wildman–Crippen LogP) is 6.23. The molecule has 9 heteroatoms.